The van der Waals surface area contributed by atoms with Gasteiger partial charge in [-0.15, -0.1) is 0 Å². The highest BCUT2D eigenvalue weighted by Gasteiger charge is 2.14. The molecule has 19 heavy (non-hydrogen) atoms. The van der Waals surface area contributed by atoms with Gasteiger partial charge in [0.05, 0.1) is 5.69 Å². The van der Waals surface area contributed by atoms with Gasteiger partial charge in [0, 0.05) is 29.8 Å². The van der Waals surface area contributed by atoms with Crippen LogP contribution in [-0.4, -0.2) is 15.5 Å². The molecule has 3 aromatic rings. The van der Waals surface area contributed by atoms with E-state index in [9.17, 15) is 4.79 Å². The zero-order valence-electron chi connectivity index (χ0n) is 10.9. The first-order chi connectivity index (χ1) is 9.16. The Morgan fingerprint density at radius 3 is 2.74 bits per heavy atom. The fourth-order valence-electron chi connectivity index (χ4n) is 2.31. The van der Waals surface area contributed by atoms with Crippen LogP contribution in [-0.2, 0) is 7.05 Å². The van der Waals surface area contributed by atoms with Crippen molar-refractivity contribution in [3.63, 3.8) is 0 Å². The number of aromatic nitrogens is 2. The summed E-state index contributed by atoms with van der Waals surface area (Å²) in [4.78, 5) is 15.5. The van der Waals surface area contributed by atoms with E-state index in [1.54, 1.807) is 10.6 Å². The molecule has 0 atom stereocenters. The van der Waals surface area contributed by atoms with Gasteiger partial charge in [0.15, 0.2) is 0 Å². The number of para-hydroxylation sites is 1. The highest BCUT2D eigenvalue weighted by atomic mass is 16.1. The summed E-state index contributed by atoms with van der Waals surface area (Å²) < 4.78 is 1.81. The number of hydrogen-bond donors (Lipinski definition) is 2. The van der Waals surface area contributed by atoms with Gasteiger partial charge in [-0.1, -0.05) is 18.2 Å². The van der Waals surface area contributed by atoms with Crippen molar-refractivity contribution in [2.75, 3.05) is 5.32 Å². The largest absolute Gasteiger partial charge is 0.357 e. The molecule has 4 nitrogen and oxygen atoms in total. The van der Waals surface area contributed by atoms with Crippen molar-refractivity contribution < 1.29 is 4.79 Å². The highest BCUT2D eigenvalue weighted by molar-refractivity contribution is 6.09. The molecule has 4 heteroatoms. The second kappa shape index (κ2) is 4.31. The molecule has 1 aromatic carbocycles. The van der Waals surface area contributed by atoms with Crippen molar-refractivity contribution >= 4 is 22.5 Å². The second-order valence-corrected chi connectivity index (χ2v) is 4.63. The molecule has 2 heterocycles. The first-order valence-electron chi connectivity index (χ1n) is 6.17. The average molecular weight is 253 g/mol. The van der Waals surface area contributed by atoms with E-state index in [0.717, 1.165) is 22.3 Å². The summed E-state index contributed by atoms with van der Waals surface area (Å²) in [7, 11) is 1.86. The number of rotatable bonds is 2. The van der Waals surface area contributed by atoms with Crippen molar-refractivity contribution in [1.82, 2.24) is 9.55 Å². The molecule has 96 valence electrons. The maximum atomic E-state index is 12.2. The van der Waals surface area contributed by atoms with E-state index >= 15 is 0 Å². The minimum atomic E-state index is -0.0969. The lowest BCUT2D eigenvalue weighted by Crippen LogP contribution is -2.15. The fraction of sp³-hybridized carbons (Fsp3) is 0.133. The number of fused-ring (bicyclic) bond motifs is 1. The van der Waals surface area contributed by atoms with E-state index in [1.165, 1.54) is 0 Å². The maximum Gasteiger partial charge on any atom is 0.272 e. The van der Waals surface area contributed by atoms with Crippen LogP contribution in [0.25, 0.3) is 10.9 Å². The third-order valence-corrected chi connectivity index (χ3v) is 3.31. The molecule has 0 saturated carbocycles. The van der Waals surface area contributed by atoms with Crippen LogP contribution < -0.4 is 5.32 Å². The monoisotopic (exact) mass is 253 g/mol. The van der Waals surface area contributed by atoms with Crippen LogP contribution in [0, 0.1) is 6.92 Å². The number of aryl methyl sites for hydroxylation is 2. The van der Waals surface area contributed by atoms with E-state index < -0.39 is 0 Å². The SMILES string of the molecule is Cc1[nH]c2ccccc2c1NC(=O)c1cccn1C. The van der Waals surface area contributed by atoms with Gasteiger partial charge < -0.3 is 14.9 Å². The van der Waals surface area contributed by atoms with Gasteiger partial charge in [-0.3, -0.25) is 4.79 Å². The zero-order valence-corrected chi connectivity index (χ0v) is 10.9. The summed E-state index contributed by atoms with van der Waals surface area (Å²) >= 11 is 0. The number of H-pyrrole nitrogens is 1. The van der Waals surface area contributed by atoms with E-state index in [4.69, 9.17) is 0 Å². The van der Waals surface area contributed by atoms with Gasteiger partial charge in [-0.2, -0.15) is 0 Å². The van der Waals surface area contributed by atoms with Gasteiger partial charge in [0.2, 0.25) is 0 Å². The molecular weight excluding hydrogens is 238 g/mol. The molecule has 0 aliphatic carbocycles. The summed E-state index contributed by atoms with van der Waals surface area (Å²) in [5.74, 6) is -0.0969. The van der Waals surface area contributed by atoms with Crippen LogP contribution in [0.2, 0.25) is 0 Å². The number of aromatic amines is 1. The van der Waals surface area contributed by atoms with Crippen LogP contribution in [0.3, 0.4) is 0 Å². The van der Waals surface area contributed by atoms with Gasteiger partial charge in [0.25, 0.3) is 5.91 Å². The third kappa shape index (κ3) is 1.91. The molecule has 1 amide bonds. The zero-order chi connectivity index (χ0) is 13.4. The molecule has 0 bridgehead atoms. The predicted molar refractivity (Wildman–Crippen MR) is 76.4 cm³/mol. The number of nitrogens with zero attached hydrogens (tertiary/aromatic N) is 1. The number of carbonyl (C=O) groups excluding carboxylic acids is 1. The molecular formula is C15H15N3O. The van der Waals surface area contributed by atoms with Crippen LogP contribution in [0.1, 0.15) is 16.2 Å². The molecule has 2 aromatic heterocycles. The quantitative estimate of drug-likeness (QED) is 0.724. The number of benzene rings is 1. The van der Waals surface area contributed by atoms with Crippen molar-refractivity contribution in [2.24, 2.45) is 7.05 Å². The molecule has 0 aliphatic heterocycles. The molecule has 0 unspecified atom stereocenters. The van der Waals surface area contributed by atoms with E-state index in [0.29, 0.717) is 5.69 Å². The fourth-order valence-corrected chi connectivity index (χ4v) is 2.31. The van der Waals surface area contributed by atoms with Crippen LogP contribution in [0.15, 0.2) is 42.6 Å². The van der Waals surface area contributed by atoms with E-state index in [1.807, 2.05) is 50.5 Å². The number of amides is 1. The average Bonchev–Trinajstić information content (AvgIpc) is 2.94. The lowest BCUT2D eigenvalue weighted by atomic mass is 10.2. The summed E-state index contributed by atoms with van der Waals surface area (Å²) in [5.41, 5.74) is 3.48. The Labute approximate surface area is 111 Å². The summed E-state index contributed by atoms with van der Waals surface area (Å²) in [6.45, 7) is 1.96. The summed E-state index contributed by atoms with van der Waals surface area (Å²) in [5, 5.41) is 4.02. The lowest BCUT2D eigenvalue weighted by Gasteiger charge is -2.06. The minimum absolute atomic E-state index is 0.0969. The van der Waals surface area contributed by atoms with Crippen LogP contribution in [0.5, 0.6) is 0 Å². The summed E-state index contributed by atoms with van der Waals surface area (Å²) in [6.07, 6.45) is 1.86. The van der Waals surface area contributed by atoms with Crippen LogP contribution >= 0.6 is 0 Å². The molecule has 0 aliphatic rings. The number of nitrogens with one attached hydrogen (secondary N) is 2. The van der Waals surface area contributed by atoms with E-state index in [2.05, 4.69) is 10.3 Å². The highest BCUT2D eigenvalue weighted by Crippen LogP contribution is 2.27. The smallest absolute Gasteiger partial charge is 0.272 e. The normalized spacial score (nSPS) is 10.8. The van der Waals surface area contributed by atoms with E-state index in [-0.39, 0.29) is 5.91 Å². The standard InChI is InChI=1S/C15H15N3O/c1-10-14(11-6-3-4-7-12(11)16-10)17-15(19)13-8-5-9-18(13)2/h3-9,16H,1-2H3,(H,17,19). The summed E-state index contributed by atoms with van der Waals surface area (Å²) in [6, 6.07) is 11.6. The first kappa shape index (κ1) is 11.6. The Morgan fingerprint density at radius 2 is 2.00 bits per heavy atom. The molecule has 2 N–H and O–H groups in total. The molecule has 3 rings (SSSR count). The molecule has 0 saturated heterocycles. The topological polar surface area (TPSA) is 49.8 Å². The second-order valence-electron chi connectivity index (χ2n) is 4.63. The van der Waals surface area contributed by atoms with Crippen LogP contribution in [0.4, 0.5) is 5.69 Å². The Kier molecular flexibility index (Phi) is 2.63. The van der Waals surface area contributed by atoms with Crippen molar-refractivity contribution in [3.05, 3.63) is 54.0 Å². The number of anilines is 1. The lowest BCUT2D eigenvalue weighted by molar-refractivity contribution is 0.101. The Bertz CT molecular complexity index is 752. The van der Waals surface area contributed by atoms with Crippen molar-refractivity contribution in [1.29, 1.82) is 0 Å². The van der Waals surface area contributed by atoms with Crippen molar-refractivity contribution in [3.8, 4) is 0 Å². The van der Waals surface area contributed by atoms with Gasteiger partial charge in [-0.05, 0) is 25.1 Å². The van der Waals surface area contributed by atoms with Crippen molar-refractivity contribution in [2.45, 2.75) is 6.92 Å². The number of carbonyl (C=O) groups is 1. The first-order valence-corrected chi connectivity index (χ1v) is 6.17. The minimum Gasteiger partial charge on any atom is -0.357 e. The Hall–Kier alpha value is -2.49. The molecule has 0 spiro atoms. The van der Waals surface area contributed by atoms with Gasteiger partial charge >= 0.3 is 0 Å². The maximum absolute atomic E-state index is 12.2. The Morgan fingerprint density at radius 1 is 1.21 bits per heavy atom. The van der Waals surface area contributed by atoms with Gasteiger partial charge in [0.1, 0.15) is 5.69 Å². The molecule has 0 radical (unpaired) electrons. The third-order valence-electron chi connectivity index (χ3n) is 3.31. The predicted octanol–water partition coefficient (Wildman–Crippen LogP) is 3.07. The molecule has 0 fully saturated rings. The van der Waals surface area contributed by atoms with Gasteiger partial charge in [-0.25, -0.2) is 0 Å². The number of hydrogen-bond acceptors (Lipinski definition) is 1. The Balaban J connectivity index is 2.00.